The van der Waals surface area contributed by atoms with Gasteiger partial charge in [-0.2, -0.15) is 0 Å². The third-order valence-electron chi connectivity index (χ3n) is 2.72. The molecule has 1 unspecified atom stereocenters. The molecule has 1 aromatic carbocycles. The van der Waals surface area contributed by atoms with Gasteiger partial charge in [-0.25, -0.2) is 0 Å². The predicted octanol–water partition coefficient (Wildman–Crippen LogP) is 2.20. The van der Waals surface area contributed by atoms with E-state index in [9.17, 15) is 9.90 Å². The van der Waals surface area contributed by atoms with Gasteiger partial charge in [0.2, 0.25) is 5.91 Å². The quantitative estimate of drug-likeness (QED) is 0.857. The number of carbonyl (C=O) groups excluding carboxylic acids is 1. The molecule has 0 spiro atoms. The lowest BCUT2D eigenvalue weighted by Crippen LogP contribution is -2.35. The van der Waals surface area contributed by atoms with Crippen LogP contribution in [0.5, 0.6) is 0 Å². The second-order valence-electron chi connectivity index (χ2n) is 3.83. The number of benzene rings is 1. The molecule has 1 aromatic rings. The van der Waals surface area contributed by atoms with Crippen molar-refractivity contribution in [2.45, 2.75) is 24.8 Å². The molecule has 86 valence electrons. The van der Waals surface area contributed by atoms with E-state index in [1.807, 2.05) is 25.1 Å². The lowest BCUT2D eigenvalue weighted by atomic mass is 10.1. The molecule has 0 aliphatic carbocycles. The van der Waals surface area contributed by atoms with E-state index < -0.39 is 6.10 Å². The van der Waals surface area contributed by atoms with Crippen molar-refractivity contribution in [1.29, 1.82) is 0 Å². The van der Waals surface area contributed by atoms with Crippen LogP contribution in [0.1, 0.15) is 25.5 Å². The molecule has 1 heterocycles. The van der Waals surface area contributed by atoms with Gasteiger partial charge >= 0.3 is 0 Å². The molecule has 4 heteroatoms. The molecular weight excluding hydrogens is 222 g/mol. The fourth-order valence-corrected chi connectivity index (χ4v) is 2.74. The zero-order valence-corrected chi connectivity index (χ0v) is 10.3. The molecule has 16 heavy (non-hydrogen) atoms. The molecule has 3 nitrogen and oxygen atoms in total. The molecule has 1 aliphatic rings. The predicted molar refractivity (Wildman–Crippen MR) is 65.8 cm³/mol. The number of aliphatic hydroxyl groups is 1. The van der Waals surface area contributed by atoms with Crippen LogP contribution in [-0.4, -0.2) is 23.3 Å². The first-order valence-corrected chi connectivity index (χ1v) is 6.37. The van der Waals surface area contributed by atoms with Gasteiger partial charge in [0.15, 0.2) is 0 Å². The minimum absolute atomic E-state index is 0.141. The lowest BCUT2D eigenvalue weighted by Gasteiger charge is -2.28. The van der Waals surface area contributed by atoms with Gasteiger partial charge in [-0.1, -0.05) is 6.07 Å². The average molecular weight is 237 g/mol. The summed E-state index contributed by atoms with van der Waals surface area (Å²) in [4.78, 5) is 14.6. The smallest absolute Gasteiger partial charge is 0.237 e. The minimum atomic E-state index is -0.494. The number of fused-ring (bicyclic) bond motifs is 1. The van der Waals surface area contributed by atoms with E-state index in [1.54, 1.807) is 23.6 Å². The van der Waals surface area contributed by atoms with Crippen molar-refractivity contribution in [3.63, 3.8) is 0 Å². The lowest BCUT2D eigenvalue weighted by molar-refractivity contribution is -0.116. The highest BCUT2D eigenvalue weighted by Gasteiger charge is 2.23. The molecule has 0 radical (unpaired) electrons. The molecular formula is C12H15NO2S. The normalized spacial score (nSPS) is 17.2. The standard InChI is InChI=1S/C12H15NO2S/c1-3-13-10-6-9(8(2)14)4-5-11(10)16-7-12(13)15/h4-6,8,14H,3,7H2,1-2H3. The van der Waals surface area contributed by atoms with E-state index in [4.69, 9.17) is 0 Å². The fourth-order valence-electron chi connectivity index (χ4n) is 1.83. The van der Waals surface area contributed by atoms with Gasteiger partial charge in [0.05, 0.1) is 17.5 Å². The molecule has 0 saturated heterocycles. The highest BCUT2D eigenvalue weighted by atomic mass is 32.2. The van der Waals surface area contributed by atoms with Crippen LogP contribution in [0.2, 0.25) is 0 Å². The van der Waals surface area contributed by atoms with Crippen LogP contribution in [0.3, 0.4) is 0 Å². The van der Waals surface area contributed by atoms with Crippen LogP contribution in [0, 0.1) is 0 Å². The van der Waals surface area contributed by atoms with E-state index in [0.29, 0.717) is 12.3 Å². The fraction of sp³-hybridized carbons (Fsp3) is 0.417. The maximum Gasteiger partial charge on any atom is 0.237 e. The number of hydrogen-bond donors (Lipinski definition) is 1. The van der Waals surface area contributed by atoms with E-state index >= 15 is 0 Å². The summed E-state index contributed by atoms with van der Waals surface area (Å²) >= 11 is 1.56. The van der Waals surface area contributed by atoms with Crippen molar-refractivity contribution >= 4 is 23.4 Å². The first-order chi connectivity index (χ1) is 7.63. The summed E-state index contributed by atoms with van der Waals surface area (Å²) in [6.07, 6.45) is -0.494. The van der Waals surface area contributed by atoms with Crippen LogP contribution >= 0.6 is 11.8 Å². The number of nitrogens with zero attached hydrogens (tertiary/aromatic N) is 1. The highest BCUT2D eigenvalue weighted by Crippen LogP contribution is 2.36. The topological polar surface area (TPSA) is 40.5 Å². The summed E-state index contributed by atoms with van der Waals surface area (Å²) in [5.41, 5.74) is 1.79. The van der Waals surface area contributed by atoms with Crippen molar-refractivity contribution in [3.05, 3.63) is 23.8 Å². The van der Waals surface area contributed by atoms with Crippen LogP contribution < -0.4 is 4.90 Å². The number of thioether (sulfide) groups is 1. The van der Waals surface area contributed by atoms with E-state index in [2.05, 4.69) is 0 Å². The Morgan fingerprint density at radius 1 is 1.56 bits per heavy atom. The highest BCUT2D eigenvalue weighted by molar-refractivity contribution is 8.00. The molecule has 0 fully saturated rings. The number of rotatable bonds is 2. The first-order valence-electron chi connectivity index (χ1n) is 5.38. The van der Waals surface area contributed by atoms with Gasteiger partial charge in [-0.15, -0.1) is 11.8 Å². The number of carbonyl (C=O) groups is 1. The molecule has 1 atom stereocenters. The zero-order chi connectivity index (χ0) is 11.7. The second-order valence-corrected chi connectivity index (χ2v) is 4.85. The zero-order valence-electron chi connectivity index (χ0n) is 9.43. The third-order valence-corrected chi connectivity index (χ3v) is 3.77. The van der Waals surface area contributed by atoms with Crippen LogP contribution in [0.25, 0.3) is 0 Å². The average Bonchev–Trinajstić information content (AvgIpc) is 2.28. The van der Waals surface area contributed by atoms with E-state index in [0.717, 1.165) is 16.1 Å². The number of amides is 1. The summed E-state index contributed by atoms with van der Waals surface area (Å²) in [7, 11) is 0. The van der Waals surface area contributed by atoms with Gasteiger partial charge in [-0.3, -0.25) is 4.79 Å². The second kappa shape index (κ2) is 4.47. The molecule has 1 amide bonds. The Balaban J connectivity index is 2.45. The van der Waals surface area contributed by atoms with Crippen molar-refractivity contribution in [1.82, 2.24) is 0 Å². The molecule has 0 bridgehead atoms. The van der Waals surface area contributed by atoms with Crippen LogP contribution in [-0.2, 0) is 4.79 Å². The Bertz CT molecular complexity index is 417. The van der Waals surface area contributed by atoms with Gasteiger partial charge < -0.3 is 10.0 Å². The summed E-state index contributed by atoms with van der Waals surface area (Å²) in [6.45, 7) is 4.37. The molecule has 2 rings (SSSR count). The third kappa shape index (κ3) is 1.95. The molecule has 1 N–H and O–H groups in total. The van der Waals surface area contributed by atoms with Crippen molar-refractivity contribution < 1.29 is 9.90 Å². The number of aliphatic hydroxyl groups excluding tert-OH is 1. The Kier molecular flexibility index (Phi) is 3.21. The Morgan fingerprint density at radius 2 is 2.31 bits per heavy atom. The Morgan fingerprint density at radius 3 is 2.94 bits per heavy atom. The van der Waals surface area contributed by atoms with Crippen molar-refractivity contribution in [2.24, 2.45) is 0 Å². The van der Waals surface area contributed by atoms with E-state index in [1.165, 1.54) is 0 Å². The monoisotopic (exact) mass is 237 g/mol. The van der Waals surface area contributed by atoms with Crippen LogP contribution in [0.4, 0.5) is 5.69 Å². The van der Waals surface area contributed by atoms with Gasteiger partial charge in [-0.05, 0) is 31.5 Å². The van der Waals surface area contributed by atoms with Gasteiger partial charge in [0.1, 0.15) is 0 Å². The minimum Gasteiger partial charge on any atom is -0.389 e. The van der Waals surface area contributed by atoms with E-state index in [-0.39, 0.29) is 5.91 Å². The molecule has 0 saturated carbocycles. The van der Waals surface area contributed by atoms with Crippen molar-refractivity contribution in [3.8, 4) is 0 Å². The largest absolute Gasteiger partial charge is 0.389 e. The SMILES string of the molecule is CCN1C(=O)CSc2ccc(C(C)O)cc21. The van der Waals surface area contributed by atoms with Gasteiger partial charge in [0, 0.05) is 11.4 Å². The molecule has 1 aliphatic heterocycles. The summed E-state index contributed by atoms with van der Waals surface area (Å²) in [5.74, 6) is 0.650. The number of hydrogen-bond acceptors (Lipinski definition) is 3. The van der Waals surface area contributed by atoms with Crippen molar-refractivity contribution in [2.75, 3.05) is 17.2 Å². The Labute approximate surface area is 99.5 Å². The Hall–Kier alpha value is -1.00. The maximum atomic E-state index is 11.7. The van der Waals surface area contributed by atoms with Gasteiger partial charge in [0.25, 0.3) is 0 Å². The maximum absolute atomic E-state index is 11.7. The summed E-state index contributed by atoms with van der Waals surface area (Å²) in [5, 5.41) is 9.54. The summed E-state index contributed by atoms with van der Waals surface area (Å²) in [6, 6.07) is 5.81. The first kappa shape index (κ1) is 11.5. The molecule has 0 aromatic heterocycles. The number of anilines is 1. The van der Waals surface area contributed by atoms with Crippen LogP contribution in [0.15, 0.2) is 23.1 Å². The summed E-state index contributed by atoms with van der Waals surface area (Å²) < 4.78 is 0.